The van der Waals surface area contributed by atoms with Gasteiger partial charge in [-0.2, -0.15) is 0 Å². The average Bonchev–Trinajstić information content (AvgIpc) is 3.16. The van der Waals surface area contributed by atoms with Crippen molar-refractivity contribution in [1.82, 2.24) is 4.90 Å². The van der Waals surface area contributed by atoms with Gasteiger partial charge in [0.1, 0.15) is 5.75 Å². The molecule has 1 amide bonds. The van der Waals surface area contributed by atoms with Gasteiger partial charge in [0.15, 0.2) is 0 Å². The van der Waals surface area contributed by atoms with Crippen molar-refractivity contribution in [1.29, 1.82) is 0 Å². The van der Waals surface area contributed by atoms with Crippen molar-refractivity contribution in [3.63, 3.8) is 0 Å². The Morgan fingerprint density at radius 2 is 1.97 bits per heavy atom. The number of carbonyl (C=O) groups excluding carboxylic acids is 1. The molecule has 2 aliphatic heterocycles. The number of halogens is 1. The van der Waals surface area contributed by atoms with Crippen molar-refractivity contribution < 1.29 is 9.53 Å². The summed E-state index contributed by atoms with van der Waals surface area (Å²) in [6, 6.07) is 16.6. The number of ether oxygens (including phenoxy) is 1. The molecule has 0 saturated carbocycles. The molecule has 2 aromatic rings. The maximum Gasteiger partial charge on any atom is 0.241 e. The zero-order valence-electron chi connectivity index (χ0n) is 16.9. The molecule has 1 saturated heterocycles. The molecule has 2 atom stereocenters. The van der Waals surface area contributed by atoms with Gasteiger partial charge in [-0.25, -0.2) is 0 Å². The molecule has 0 spiro atoms. The molecule has 0 aromatic heterocycles. The summed E-state index contributed by atoms with van der Waals surface area (Å²) in [5.41, 5.74) is 9.61. The molecule has 29 heavy (non-hydrogen) atoms. The van der Waals surface area contributed by atoms with Gasteiger partial charge < -0.3 is 15.4 Å². The van der Waals surface area contributed by atoms with Gasteiger partial charge in [0.2, 0.25) is 5.91 Å². The third kappa shape index (κ3) is 4.58. The summed E-state index contributed by atoms with van der Waals surface area (Å²) in [6.45, 7) is 3.66. The van der Waals surface area contributed by atoms with Crippen LogP contribution in [0.15, 0.2) is 48.5 Å². The van der Waals surface area contributed by atoms with Crippen molar-refractivity contribution in [2.75, 3.05) is 44.7 Å². The summed E-state index contributed by atoms with van der Waals surface area (Å²) < 4.78 is 5.34. The smallest absolute Gasteiger partial charge is 0.241 e. The van der Waals surface area contributed by atoms with Gasteiger partial charge in [0.25, 0.3) is 0 Å². The maximum absolute atomic E-state index is 13.1. The van der Waals surface area contributed by atoms with Gasteiger partial charge in [0, 0.05) is 31.2 Å². The van der Waals surface area contributed by atoms with E-state index in [0.29, 0.717) is 24.9 Å². The van der Waals surface area contributed by atoms with Crippen LogP contribution in [0.25, 0.3) is 0 Å². The first-order valence-corrected chi connectivity index (χ1v) is 10.1. The maximum atomic E-state index is 13.1. The van der Waals surface area contributed by atoms with E-state index < -0.39 is 0 Å². The fourth-order valence-electron chi connectivity index (χ4n) is 4.64. The van der Waals surface area contributed by atoms with Crippen LogP contribution >= 0.6 is 12.4 Å². The molecule has 4 rings (SSSR count). The number of hydrogen-bond donors (Lipinski definition) is 1. The fraction of sp³-hybridized carbons (Fsp3) is 0.435. The standard InChI is InChI=1S/C23H29N3O2.ClH/c1-28-20-9-10-22-18(12-20)8-5-11-26(22)23(27)16-25-14-19(13-24)21(15-25)17-6-3-2-4-7-17;/h2-4,6-7,9-10,12,19,21H,5,8,11,13-16,24H2,1H3;1H/t19-,21+;/m1./s1. The van der Waals surface area contributed by atoms with E-state index in [0.717, 1.165) is 43.9 Å². The molecule has 0 radical (unpaired) electrons. The van der Waals surface area contributed by atoms with E-state index >= 15 is 0 Å². The van der Waals surface area contributed by atoms with E-state index in [1.807, 2.05) is 23.1 Å². The van der Waals surface area contributed by atoms with Crippen molar-refractivity contribution in [3.8, 4) is 5.75 Å². The van der Waals surface area contributed by atoms with E-state index in [-0.39, 0.29) is 18.3 Å². The Balaban J connectivity index is 0.00000240. The van der Waals surface area contributed by atoms with Crippen LogP contribution in [0, 0.1) is 5.92 Å². The second-order valence-corrected chi connectivity index (χ2v) is 7.85. The lowest BCUT2D eigenvalue weighted by Gasteiger charge is -2.31. The fourth-order valence-corrected chi connectivity index (χ4v) is 4.64. The monoisotopic (exact) mass is 415 g/mol. The van der Waals surface area contributed by atoms with Crippen molar-refractivity contribution >= 4 is 24.0 Å². The van der Waals surface area contributed by atoms with Crippen LogP contribution in [0.2, 0.25) is 0 Å². The summed E-state index contributed by atoms with van der Waals surface area (Å²) in [6.07, 6.45) is 1.98. The number of likely N-dealkylation sites (tertiary alicyclic amines) is 1. The molecule has 2 heterocycles. The number of amides is 1. The first kappa shape index (κ1) is 21.6. The zero-order chi connectivity index (χ0) is 19.5. The van der Waals surface area contributed by atoms with Crippen LogP contribution in [-0.2, 0) is 11.2 Å². The van der Waals surface area contributed by atoms with Crippen LogP contribution in [0.3, 0.4) is 0 Å². The summed E-state index contributed by atoms with van der Waals surface area (Å²) in [4.78, 5) is 17.4. The number of aryl methyl sites for hydroxylation is 1. The third-order valence-electron chi connectivity index (χ3n) is 6.11. The van der Waals surface area contributed by atoms with Crippen LogP contribution in [0.1, 0.15) is 23.5 Å². The topological polar surface area (TPSA) is 58.8 Å². The van der Waals surface area contributed by atoms with Crippen LogP contribution in [-0.4, -0.2) is 50.6 Å². The third-order valence-corrected chi connectivity index (χ3v) is 6.11. The zero-order valence-corrected chi connectivity index (χ0v) is 17.7. The Bertz CT molecular complexity index is 830. The van der Waals surface area contributed by atoms with E-state index in [9.17, 15) is 4.79 Å². The second kappa shape index (κ2) is 9.61. The number of hydrogen-bond acceptors (Lipinski definition) is 4. The molecular formula is C23H30ClN3O2. The molecule has 1 fully saturated rings. The first-order valence-electron chi connectivity index (χ1n) is 10.1. The van der Waals surface area contributed by atoms with E-state index in [4.69, 9.17) is 10.5 Å². The normalized spacial score (nSPS) is 21.4. The Kier molecular flexibility index (Phi) is 7.17. The highest BCUT2D eigenvalue weighted by molar-refractivity contribution is 5.96. The van der Waals surface area contributed by atoms with Gasteiger partial charge in [-0.05, 0) is 54.6 Å². The Hall–Kier alpha value is -2.08. The van der Waals surface area contributed by atoms with E-state index in [1.165, 1.54) is 11.1 Å². The Morgan fingerprint density at radius 3 is 2.69 bits per heavy atom. The SMILES string of the molecule is COc1ccc2c(c1)CCCN2C(=O)CN1C[C@@H](CN)[C@H](c2ccccc2)C1.Cl. The highest BCUT2D eigenvalue weighted by atomic mass is 35.5. The molecule has 6 heteroatoms. The van der Waals surface area contributed by atoms with Gasteiger partial charge in [0.05, 0.1) is 13.7 Å². The Morgan fingerprint density at radius 1 is 1.17 bits per heavy atom. The number of methoxy groups -OCH3 is 1. The van der Waals surface area contributed by atoms with Crippen LogP contribution < -0.4 is 15.4 Å². The number of fused-ring (bicyclic) bond motifs is 1. The molecule has 2 N–H and O–H groups in total. The second-order valence-electron chi connectivity index (χ2n) is 7.85. The molecule has 2 aromatic carbocycles. The number of carbonyl (C=O) groups is 1. The van der Waals surface area contributed by atoms with Crippen molar-refractivity contribution in [2.45, 2.75) is 18.8 Å². The summed E-state index contributed by atoms with van der Waals surface area (Å²) in [5, 5.41) is 0. The summed E-state index contributed by atoms with van der Waals surface area (Å²) in [5.74, 6) is 1.82. The molecule has 0 unspecified atom stereocenters. The number of benzene rings is 2. The first-order chi connectivity index (χ1) is 13.7. The minimum Gasteiger partial charge on any atom is -0.497 e. The Labute approximate surface area is 179 Å². The van der Waals surface area contributed by atoms with Crippen LogP contribution in [0.4, 0.5) is 5.69 Å². The lowest BCUT2D eigenvalue weighted by molar-refractivity contribution is -0.119. The molecule has 2 aliphatic rings. The highest BCUT2D eigenvalue weighted by Gasteiger charge is 2.34. The van der Waals surface area contributed by atoms with Gasteiger partial charge in [-0.3, -0.25) is 9.69 Å². The quantitative estimate of drug-likeness (QED) is 0.815. The number of rotatable bonds is 5. The van der Waals surface area contributed by atoms with Gasteiger partial charge in [-0.1, -0.05) is 30.3 Å². The van der Waals surface area contributed by atoms with E-state index in [2.05, 4.69) is 35.2 Å². The predicted molar refractivity (Wildman–Crippen MR) is 119 cm³/mol. The van der Waals surface area contributed by atoms with Crippen molar-refractivity contribution in [3.05, 3.63) is 59.7 Å². The predicted octanol–water partition coefficient (Wildman–Crippen LogP) is 3.07. The largest absolute Gasteiger partial charge is 0.497 e. The van der Waals surface area contributed by atoms with Crippen molar-refractivity contribution in [2.24, 2.45) is 11.7 Å². The average molecular weight is 416 g/mol. The summed E-state index contributed by atoms with van der Waals surface area (Å²) >= 11 is 0. The van der Waals surface area contributed by atoms with Crippen LogP contribution in [0.5, 0.6) is 5.75 Å². The number of nitrogens with two attached hydrogens (primary N) is 1. The lowest BCUT2D eigenvalue weighted by Crippen LogP contribution is -2.42. The number of nitrogens with zero attached hydrogens (tertiary/aromatic N) is 2. The molecular weight excluding hydrogens is 386 g/mol. The lowest BCUT2D eigenvalue weighted by atomic mass is 9.89. The van der Waals surface area contributed by atoms with E-state index in [1.54, 1.807) is 7.11 Å². The molecule has 0 aliphatic carbocycles. The number of anilines is 1. The minimum atomic E-state index is 0. The highest BCUT2D eigenvalue weighted by Crippen LogP contribution is 2.33. The van der Waals surface area contributed by atoms with Gasteiger partial charge >= 0.3 is 0 Å². The van der Waals surface area contributed by atoms with Gasteiger partial charge in [-0.15, -0.1) is 12.4 Å². The molecule has 0 bridgehead atoms. The molecule has 156 valence electrons. The molecule has 5 nitrogen and oxygen atoms in total. The summed E-state index contributed by atoms with van der Waals surface area (Å²) in [7, 11) is 1.68. The minimum absolute atomic E-state index is 0.